The normalized spacial score (nSPS) is 10.6. The Balaban J connectivity index is 2.04. The van der Waals surface area contributed by atoms with Gasteiger partial charge in [-0.15, -0.1) is 0 Å². The van der Waals surface area contributed by atoms with Gasteiger partial charge in [-0.1, -0.05) is 41.9 Å². The Labute approximate surface area is 116 Å². The second-order valence-electron chi connectivity index (χ2n) is 4.26. The van der Waals surface area contributed by atoms with Gasteiger partial charge in [0.1, 0.15) is 0 Å². The van der Waals surface area contributed by atoms with E-state index in [0.717, 1.165) is 17.0 Å². The monoisotopic (exact) mass is 269 g/mol. The van der Waals surface area contributed by atoms with Crippen molar-refractivity contribution in [2.24, 2.45) is 7.05 Å². The fraction of sp³-hybridized carbons (Fsp3) is 0.0667. The van der Waals surface area contributed by atoms with Gasteiger partial charge in [0.25, 0.3) is 0 Å². The molecule has 0 unspecified atom stereocenters. The summed E-state index contributed by atoms with van der Waals surface area (Å²) >= 11 is 5.89. The number of hydrogen-bond acceptors (Lipinski definition) is 2. The van der Waals surface area contributed by atoms with Gasteiger partial charge in [0.05, 0.1) is 0 Å². The van der Waals surface area contributed by atoms with Crippen molar-refractivity contribution < 1.29 is 0 Å². The Morgan fingerprint density at radius 2 is 1.58 bits per heavy atom. The van der Waals surface area contributed by atoms with Crippen LogP contribution in [0.2, 0.25) is 5.02 Å². The summed E-state index contributed by atoms with van der Waals surface area (Å²) in [5.41, 5.74) is 2.01. The lowest BCUT2D eigenvalue weighted by Crippen LogP contribution is -1.93. The highest BCUT2D eigenvalue weighted by Gasteiger charge is 2.10. The molecule has 3 nitrogen and oxygen atoms in total. The predicted octanol–water partition coefficient (Wildman–Crippen LogP) is 3.80. The number of aromatic nitrogens is 3. The first-order valence-electron chi connectivity index (χ1n) is 5.96. The van der Waals surface area contributed by atoms with Gasteiger partial charge in [-0.3, -0.25) is 0 Å². The molecule has 19 heavy (non-hydrogen) atoms. The van der Waals surface area contributed by atoms with E-state index >= 15 is 0 Å². The first-order chi connectivity index (χ1) is 9.24. The highest BCUT2D eigenvalue weighted by atomic mass is 35.5. The van der Waals surface area contributed by atoms with E-state index < -0.39 is 0 Å². The summed E-state index contributed by atoms with van der Waals surface area (Å²) in [7, 11) is 1.90. The van der Waals surface area contributed by atoms with Crippen LogP contribution in [0.25, 0.3) is 22.8 Å². The van der Waals surface area contributed by atoms with E-state index in [4.69, 9.17) is 11.6 Å². The third-order valence-electron chi connectivity index (χ3n) is 2.90. The van der Waals surface area contributed by atoms with Crippen molar-refractivity contribution in [3.8, 4) is 22.8 Å². The van der Waals surface area contributed by atoms with Gasteiger partial charge in [-0.05, 0) is 24.3 Å². The lowest BCUT2D eigenvalue weighted by Gasteiger charge is -1.97. The Hall–Kier alpha value is -2.13. The van der Waals surface area contributed by atoms with E-state index in [1.807, 2.05) is 61.6 Å². The van der Waals surface area contributed by atoms with Gasteiger partial charge >= 0.3 is 0 Å². The number of hydrogen-bond donors (Lipinski definition) is 0. The predicted molar refractivity (Wildman–Crippen MR) is 76.9 cm³/mol. The van der Waals surface area contributed by atoms with Crippen molar-refractivity contribution in [1.82, 2.24) is 14.8 Å². The molecule has 0 aliphatic carbocycles. The first kappa shape index (κ1) is 11.9. The highest BCUT2D eigenvalue weighted by molar-refractivity contribution is 6.30. The van der Waals surface area contributed by atoms with Gasteiger partial charge in [-0.25, -0.2) is 9.67 Å². The van der Waals surface area contributed by atoms with Gasteiger partial charge < -0.3 is 0 Å². The van der Waals surface area contributed by atoms with Crippen LogP contribution < -0.4 is 0 Å². The summed E-state index contributed by atoms with van der Waals surface area (Å²) in [6.07, 6.45) is 0. The van der Waals surface area contributed by atoms with E-state index in [9.17, 15) is 0 Å². The lowest BCUT2D eigenvalue weighted by molar-refractivity contribution is 0.777. The summed E-state index contributed by atoms with van der Waals surface area (Å²) < 4.78 is 1.79. The molecule has 1 heterocycles. The molecular weight excluding hydrogens is 258 g/mol. The molecule has 0 aliphatic heterocycles. The molecule has 0 saturated carbocycles. The summed E-state index contributed by atoms with van der Waals surface area (Å²) in [4.78, 5) is 4.59. The topological polar surface area (TPSA) is 30.7 Å². The second kappa shape index (κ2) is 4.86. The SMILES string of the molecule is Cn1nc(-c2ccc(Cl)cc2)nc1-c1ccccc1. The molecule has 0 bridgehead atoms. The second-order valence-corrected chi connectivity index (χ2v) is 4.69. The first-order valence-corrected chi connectivity index (χ1v) is 6.34. The van der Waals surface area contributed by atoms with Crippen molar-refractivity contribution in [2.45, 2.75) is 0 Å². The van der Waals surface area contributed by atoms with Crippen molar-refractivity contribution >= 4 is 11.6 Å². The van der Waals surface area contributed by atoms with Crippen molar-refractivity contribution in [2.75, 3.05) is 0 Å². The van der Waals surface area contributed by atoms with E-state index in [-0.39, 0.29) is 0 Å². The number of rotatable bonds is 2. The molecule has 1 aromatic heterocycles. The lowest BCUT2D eigenvalue weighted by atomic mass is 10.2. The molecule has 0 amide bonds. The molecular formula is C15H12ClN3. The molecule has 2 aromatic carbocycles. The largest absolute Gasteiger partial charge is 0.248 e. The van der Waals surface area contributed by atoms with E-state index in [0.29, 0.717) is 10.8 Å². The van der Waals surface area contributed by atoms with Crippen LogP contribution in [0.15, 0.2) is 54.6 Å². The summed E-state index contributed by atoms with van der Waals surface area (Å²) in [5.74, 6) is 1.56. The average molecular weight is 270 g/mol. The minimum absolute atomic E-state index is 0.706. The van der Waals surface area contributed by atoms with Crippen LogP contribution >= 0.6 is 11.6 Å². The smallest absolute Gasteiger partial charge is 0.181 e. The zero-order valence-electron chi connectivity index (χ0n) is 10.4. The van der Waals surface area contributed by atoms with Crippen molar-refractivity contribution in [3.63, 3.8) is 0 Å². The summed E-state index contributed by atoms with van der Waals surface area (Å²) in [6, 6.07) is 17.5. The Morgan fingerprint density at radius 3 is 2.26 bits per heavy atom. The molecule has 0 atom stereocenters. The quantitative estimate of drug-likeness (QED) is 0.708. The van der Waals surface area contributed by atoms with Crippen LogP contribution in [-0.4, -0.2) is 14.8 Å². The molecule has 94 valence electrons. The number of halogens is 1. The third kappa shape index (κ3) is 2.37. The Bertz CT molecular complexity index is 687. The minimum Gasteiger partial charge on any atom is -0.248 e. The number of aryl methyl sites for hydroxylation is 1. The zero-order chi connectivity index (χ0) is 13.2. The molecule has 3 aromatic rings. The molecule has 0 radical (unpaired) electrons. The van der Waals surface area contributed by atoms with Crippen LogP contribution in [0.5, 0.6) is 0 Å². The zero-order valence-corrected chi connectivity index (χ0v) is 11.2. The highest BCUT2D eigenvalue weighted by Crippen LogP contribution is 2.22. The standard InChI is InChI=1S/C15H12ClN3/c1-19-15(12-5-3-2-4-6-12)17-14(18-19)11-7-9-13(16)10-8-11/h2-10H,1H3. The molecule has 4 heteroatoms. The van der Waals surface area contributed by atoms with Gasteiger partial charge in [0, 0.05) is 23.2 Å². The molecule has 0 N–H and O–H groups in total. The minimum atomic E-state index is 0.706. The Morgan fingerprint density at radius 1 is 0.895 bits per heavy atom. The van der Waals surface area contributed by atoms with E-state index in [1.54, 1.807) is 4.68 Å². The van der Waals surface area contributed by atoms with Crippen LogP contribution in [-0.2, 0) is 7.05 Å². The number of nitrogens with zero attached hydrogens (tertiary/aromatic N) is 3. The van der Waals surface area contributed by atoms with Crippen molar-refractivity contribution in [1.29, 1.82) is 0 Å². The summed E-state index contributed by atoms with van der Waals surface area (Å²) in [6.45, 7) is 0. The maximum absolute atomic E-state index is 5.89. The molecule has 3 rings (SSSR count). The van der Waals surface area contributed by atoms with Crippen LogP contribution in [0, 0.1) is 0 Å². The van der Waals surface area contributed by atoms with Crippen molar-refractivity contribution in [3.05, 3.63) is 59.6 Å². The number of benzene rings is 2. The summed E-state index contributed by atoms with van der Waals surface area (Å²) in [5, 5.41) is 5.16. The van der Waals surface area contributed by atoms with Crippen LogP contribution in [0.1, 0.15) is 0 Å². The van der Waals surface area contributed by atoms with Gasteiger partial charge in [0.15, 0.2) is 11.6 Å². The molecule has 0 saturated heterocycles. The third-order valence-corrected chi connectivity index (χ3v) is 3.15. The van der Waals surface area contributed by atoms with Crippen LogP contribution in [0.3, 0.4) is 0 Å². The average Bonchev–Trinajstić information content (AvgIpc) is 2.83. The molecule has 0 fully saturated rings. The maximum Gasteiger partial charge on any atom is 0.181 e. The molecule has 0 aliphatic rings. The van der Waals surface area contributed by atoms with Gasteiger partial charge in [0.2, 0.25) is 0 Å². The maximum atomic E-state index is 5.89. The fourth-order valence-electron chi connectivity index (χ4n) is 1.94. The van der Waals surface area contributed by atoms with Crippen LogP contribution in [0.4, 0.5) is 0 Å². The van der Waals surface area contributed by atoms with E-state index in [1.165, 1.54) is 0 Å². The fourth-order valence-corrected chi connectivity index (χ4v) is 2.07. The van der Waals surface area contributed by atoms with E-state index in [2.05, 4.69) is 10.1 Å². The molecule has 0 spiro atoms. The Kier molecular flexibility index (Phi) is 3.05. The van der Waals surface area contributed by atoms with Gasteiger partial charge in [-0.2, -0.15) is 5.10 Å².